The summed E-state index contributed by atoms with van der Waals surface area (Å²) in [5.74, 6) is -0.784. The van der Waals surface area contributed by atoms with Crippen molar-refractivity contribution in [2.45, 2.75) is 19.3 Å². The number of phenolic OH excluding ortho intramolecular Hbond substituents is 1. The van der Waals surface area contributed by atoms with Crippen molar-refractivity contribution in [3.8, 4) is 5.75 Å². The van der Waals surface area contributed by atoms with Gasteiger partial charge >= 0.3 is 5.97 Å². The predicted octanol–water partition coefficient (Wildman–Crippen LogP) is 1.90. The summed E-state index contributed by atoms with van der Waals surface area (Å²) in [6, 6.07) is 4.77. The van der Waals surface area contributed by atoms with Crippen molar-refractivity contribution in [2.24, 2.45) is 0 Å². The first-order valence-corrected chi connectivity index (χ1v) is 4.76. The molecule has 0 spiro atoms. The van der Waals surface area contributed by atoms with Gasteiger partial charge in [0.2, 0.25) is 0 Å². The fourth-order valence-electron chi connectivity index (χ4n) is 1.50. The van der Waals surface area contributed by atoms with Gasteiger partial charge in [0.05, 0.1) is 0 Å². The minimum absolute atomic E-state index is 0.0197. The number of rotatable bonds is 2. The Bertz CT molecular complexity index is 556. The van der Waals surface area contributed by atoms with Crippen molar-refractivity contribution < 1.29 is 19.5 Å². The van der Waals surface area contributed by atoms with Gasteiger partial charge in [0, 0.05) is 5.39 Å². The van der Waals surface area contributed by atoms with Crippen molar-refractivity contribution >= 4 is 16.9 Å². The summed E-state index contributed by atoms with van der Waals surface area (Å²) in [5.41, 5.74) is -0.894. The molecule has 0 aliphatic carbocycles. The number of nitrogens with zero attached hydrogens (tertiary/aromatic N) is 1. The van der Waals surface area contributed by atoms with E-state index in [9.17, 15) is 9.90 Å². The fraction of sp³-hybridized carbons (Fsp3) is 0.273. The van der Waals surface area contributed by atoms with Gasteiger partial charge in [0.25, 0.3) is 0 Å². The second kappa shape index (κ2) is 3.23. The standard InChI is InChI=1S/C11H11NO4/c1-11(2,10(14)15)9-6-4-3-5-7(13)8(6)12-16-9/h3-5,13H,1-2H3,(H,14,15). The summed E-state index contributed by atoms with van der Waals surface area (Å²) in [7, 11) is 0. The molecule has 2 N–H and O–H groups in total. The van der Waals surface area contributed by atoms with Gasteiger partial charge in [0.1, 0.15) is 11.2 Å². The molecule has 0 atom stereocenters. The lowest BCUT2D eigenvalue weighted by molar-refractivity contribution is -0.143. The van der Waals surface area contributed by atoms with Crippen LogP contribution in [-0.4, -0.2) is 21.3 Å². The van der Waals surface area contributed by atoms with Gasteiger partial charge in [-0.15, -0.1) is 0 Å². The molecule has 0 bridgehead atoms. The summed E-state index contributed by atoms with van der Waals surface area (Å²) >= 11 is 0. The lowest BCUT2D eigenvalue weighted by atomic mass is 9.88. The Morgan fingerprint density at radius 3 is 2.75 bits per heavy atom. The lowest BCUT2D eigenvalue weighted by Gasteiger charge is -2.15. The lowest BCUT2D eigenvalue weighted by Crippen LogP contribution is -2.28. The maximum Gasteiger partial charge on any atom is 0.316 e. The summed E-state index contributed by atoms with van der Waals surface area (Å²) in [6.07, 6.45) is 0. The van der Waals surface area contributed by atoms with Gasteiger partial charge < -0.3 is 14.7 Å². The van der Waals surface area contributed by atoms with Gasteiger partial charge in [-0.05, 0) is 26.0 Å². The number of hydrogen-bond acceptors (Lipinski definition) is 4. The molecule has 0 aliphatic heterocycles. The normalized spacial score (nSPS) is 11.9. The molecule has 2 rings (SSSR count). The minimum atomic E-state index is -1.18. The second-order valence-electron chi connectivity index (χ2n) is 4.12. The minimum Gasteiger partial charge on any atom is -0.506 e. The van der Waals surface area contributed by atoms with Crippen LogP contribution in [0.1, 0.15) is 19.6 Å². The largest absolute Gasteiger partial charge is 0.506 e. The Labute approximate surface area is 91.3 Å². The van der Waals surface area contributed by atoms with Crippen LogP contribution in [0.25, 0.3) is 10.9 Å². The monoisotopic (exact) mass is 221 g/mol. The molecule has 84 valence electrons. The highest BCUT2D eigenvalue weighted by Crippen LogP contribution is 2.33. The predicted molar refractivity (Wildman–Crippen MR) is 56.3 cm³/mol. The Morgan fingerprint density at radius 1 is 1.44 bits per heavy atom. The molecule has 1 heterocycles. The van der Waals surface area contributed by atoms with Crippen LogP contribution in [0, 0.1) is 0 Å². The molecule has 16 heavy (non-hydrogen) atoms. The number of aromatic hydroxyl groups is 1. The molecule has 5 heteroatoms. The molecule has 0 saturated carbocycles. The molecular formula is C11H11NO4. The van der Waals surface area contributed by atoms with Crippen molar-refractivity contribution in [1.82, 2.24) is 5.16 Å². The number of hydrogen-bond donors (Lipinski definition) is 2. The zero-order valence-corrected chi connectivity index (χ0v) is 8.89. The first kappa shape index (κ1) is 10.5. The van der Waals surface area contributed by atoms with Gasteiger partial charge in [-0.2, -0.15) is 0 Å². The molecule has 0 radical (unpaired) electrons. The van der Waals surface area contributed by atoms with Crippen molar-refractivity contribution in [3.05, 3.63) is 24.0 Å². The highest BCUT2D eigenvalue weighted by Gasteiger charge is 2.35. The van der Waals surface area contributed by atoms with Gasteiger partial charge in [-0.3, -0.25) is 4.79 Å². The number of carbonyl (C=O) groups is 1. The van der Waals surface area contributed by atoms with Crippen LogP contribution in [0.4, 0.5) is 0 Å². The van der Waals surface area contributed by atoms with Crippen LogP contribution in [0.5, 0.6) is 5.75 Å². The van der Waals surface area contributed by atoms with E-state index in [-0.39, 0.29) is 17.0 Å². The van der Waals surface area contributed by atoms with E-state index in [0.717, 1.165) is 0 Å². The molecule has 5 nitrogen and oxygen atoms in total. The first-order chi connectivity index (χ1) is 7.44. The highest BCUT2D eigenvalue weighted by atomic mass is 16.5. The topological polar surface area (TPSA) is 83.6 Å². The third-order valence-corrected chi connectivity index (χ3v) is 2.59. The quantitative estimate of drug-likeness (QED) is 0.809. The zero-order chi connectivity index (χ0) is 11.9. The van der Waals surface area contributed by atoms with E-state index >= 15 is 0 Å². The smallest absolute Gasteiger partial charge is 0.316 e. The first-order valence-electron chi connectivity index (χ1n) is 4.76. The number of phenols is 1. The van der Waals surface area contributed by atoms with Crippen molar-refractivity contribution in [3.63, 3.8) is 0 Å². The molecule has 2 aromatic rings. The summed E-state index contributed by atoms with van der Waals surface area (Å²) in [4.78, 5) is 11.1. The van der Waals surface area contributed by atoms with Crippen LogP contribution in [0.15, 0.2) is 22.7 Å². The van der Waals surface area contributed by atoms with E-state index in [2.05, 4.69) is 5.16 Å². The van der Waals surface area contributed by atoms with Crippen molar-refractivity contribution in [1.29, 1.82) is 0 Å². The molecule has 0 amide bonds. The molecule has 0 unspecified atom stereocenters. The third kappa shape index (κ3) is 1.32. The second-order valence-corrected chi connectivity index (χ2v) is 4.12. The van der Waals surface area contributed by atoms with E-state index in [1.165, 1.54) is 19.9 Å². The Balaban J connectivity index is 2.72. The number of aliphatic carboxylic acids is 1. The van der Waals surface area contributed by atoms with Gasteiger partial charge in [-0.25, -0.2) is 0 Å². The number of aromatic nitrogens is 1. The van der Waals surface area contributed by atoms with Crippen LogP contribution in [-0.2, 0) is 10.2 Å². The van der Waals surface area contributed by atoms with Crippen LogP contribution >= 0.6 is 0 Å². The molecule has 0 fully saturated rings. The van der Waals surface area contributed by atoms with E-state index < -0.39 is 11.4 Å². The van der Waals surface area contributed by atoms with Crippen LogP contribution in [0.2, 0.25) is 0 Å². The van der Waals surface area contributed by atoms with Crippen LogP contribution < -0.4 is 0 Å². The average Bonchev–Trinajstić information content (AvgIpc) is 2.63. The average molecular weight is 221 g/mol. The van der Waals surface area contributed by atoms with E-state index in [1.54, 1.807) is 12.1 Å². The Morgan fingerprint density at radius 2 is 2.12 bits per heavy atom. The SMILES string of the molecule is CC(C)(C(=O)O)c1onc2c(O)cccc12. The molecular weight excluding hydrogens is 210 g/mol. The molecule has 0 aliphatic rings. The number of carboxylic acids is 1. The maximum absolute atomic E-state index is 11.1. The fourth-order valence-corrected chi connectivity index (χ4v) is 1.50. The summed E-state index contributed by atoms with van der Waals surface area (Å²) in [5, 5.41) is 22.8. The third-order valence-electron chi connectivity index (χ3n) is 2.59. The molecule has 1 aromatic heterocycles. The van der Waals surface area contributed by atoms with Crippen molar-refractivity contribution in [2.75, 3.05) is 0 Å². The van der Waals surface area contributed by atoms with Crippen LogP contribution in [0.3, 0.4) is 0 Å². The molecule has 1 aromatic carbocycles. The number of benzene rings is 1. The Kier molecular flexibility index (Phi) is 2.11. The van der Waals surface area contributed by atoms with E-state index in [4.69, 9.17) is 9.63 Å². The number of fused-ring (bicyclic) bond motifs is 1. The van der Waals surface area contributed by atoms with E-state index in [1.807, 2.05) is 0 Å². The summed E-state index contributed by atoms with van der Waals surface area (Å²) in [6.45, 7) is 3.05. The molecule has 0 saturated heterocycles. The summed E-state index contributed by atoms with van der Waals surface area (Å²) < 4.78 is 5.03. The Hall–Kier alpha value is -2.04. The van der Waals surface area contributed by atoms with E-state index in [0.29, 0.717) is 5.39 Å². The number of carboxylic acid groups (broad SMARTS) is 1. The highest BCUT2D eigenvalue weighted by molar-refractivity contribution is 5.91. The zero-order valence-electron chi connectivity index (χ0n) is 8.89. The van der Waals surface area contributed by atoms with Gasteiger partial charge in [-0.1, -0.05) is 11.2 Å². The van der Waals surface area contributed by atoms with Gasteiger partial charge in [0.15, 0.2) is 11.3 Å². The maximum atomic E-state index is 11.1.